The molecule has 0 aliphatic carbocycles. The predicted molar refractivity (Wildman–Crippen MR) is 417 cm³/mol. The van der Waals surface area contributed by atoms with E-state index >= 15 is 0 Å². The topological polar surface area (TPSA) is 483 Å². The molecule has 16 N–H and O–H groups in total. The first kappa shape index (κ1) is 154. The van der Waals surface area contributed by atoms with E-state index in [1.807, 2.05) is 13.8 Å². The Bertz CT molecular complexity index is 2240. The molecule has 0 aliphatic heterocycles. The van der Waals surface area contributed by atoms with E-state index in [0.29, 0.717) is 0 Å². The Morgan fingerprint density at radius 2 is 0.632 bits per heavy atom. The summed E-state index contributed by atoms with van der Waals surface area (Å²) in [5, 5.41) is 37.9. The maximum absolute atomic E-state index is 10.7. The minimum atomic E-state index is -4.02. The Morgan fingerprint density at radius 3 is 0.736 bits per heavy atom. The Labute approximate surface area is 987 Å². The quantitative estimate of drug-likeness (QED) is 0.0201. The molecular weight excluding hydrogens is 2230 g/mol. The molecule has 0 bridgehead atoms. The summed E-state index contributed by atoms with van der Waals surface area (Å²) in [5.74, 6) is 0. The van der Waals surface area contributed by atoms with Gasteiger partial charge in [0.05, 0.1) is 9.79 Å². The SMILES string of the molecule is C.C.CO.CO.CO.COP.Cc1ccc(S(=O)(=O)Cl)cc1.Cc1ccc(S(=O)(=O)O)cc1.O.O.O.O=CO[O-].O=CO[O-].OP.OP.OP.OP.OP.S=S=S=S=S=S=S=S=S=S.S=S=S=S=S=S=S=S=S=S.[3HH].[3HH].[3HH].[3HH].[3H][3H].[3H][3H].[3H][3H].[3H][3H].[3H][3H].[3H][3H].[3H][3H].[3H][3H].[3H][3H].[3H][3H].[3H][3H].[3H][3H].[CH3-].[H-].[H-].[H-].[K+].[K+].[K+].[K+].[Na+].[Na+].[OH-].[Y].[Y].[Y].[Y].[Y]. The number of hydrogen-bond acceptors (Lipinski definition) is 24. The molecule has 0 aromatic heterocycles. The normalized spacial score (nSPS) is 6.80. The summed E-state index contributed by atoms with van der Waals surface area (Å²) in [6.07, 6.45) is 0. The smallest absolute Gasteiger partial charge is 1.00 e. The summed E-state index contributed by atoms with van der Waals surface area (Å²) in [6.45, 7) is 3.36. The van der Waals surface area contributed by atoms with Crippen molar-refractivity contribution in [3.63, 3.8) is 0 Å². The fourth-order valence-electron chi connectivity index (χ4n) is 1.55. The van der Waals surface area contributed by atoms with Gasteiger partial charge in [0.1, 0.15) is 0 Å². The molecule has 2 aromatic carbocycles. The molecule has 0 fully saturated rings. The fraction of sp³-hybridized carbons (Fsp3) is 0.348. The average molecular weight is 2390 g/mol. The molecule has 6 unspecified atom stereocenters. The maximum atomic E-state index is 10.7. The van der Waals surface area contributed by atoms with Crippen LogP contribution in [0.2, 0.25) is 0 Å². The number of carbonyl (C=O) groups excluding carboxylic acids is 2. The van der Waals surface area contributed by atoms with Crippen LogP contribution in [0.3, 0.4) is 0 Å². The molecule has 0 spiro atoms. The first-order valence-corrected chi connectivity index (χ1v) is 44.4. The van der Waals surface area contributed by atoms with Gasteiger partial charge in [-0.1, -0.05) is 50.2 Å². The van der Waals surface area contributed by atoms with Crippen molar-refractivity contribution >= 4 is 286 Å². The van der Waals surface area contributed by atoms with E-state index in [1.165, 1.54) is 107 Å². The van der Waals surface area contributed by atoms with Gasteiger partial charge in [0.25, 0.3) is 32.1 Å². The molecule has 0 saturated heterocycles. The second kappa shape index (κ2) is 219. The fourth-order valence-corrected chi connectivity index (χ4v) is 35.7. The van der Waals surface area contributed by atoms with Crippen LogP contribution in [-0.2, 0) is 393 Å². The number of halogens is 1. The van der Waals surface area contributed by atoms with Gasteiger partial charge in [0, 0.05) is 431 Å². The number of rotatable bonds is 4. The van der Waals surface area contributed by atoms with Crippen LogP contribution in [0.4, 0.5) is 0 Å². The van der Waals surface area contributed by atoms with Gasteiger partial charge in [0.15, 0.2) is 0 Å². The summed E-state index contributed by atoms with van der Waals surface area (Å²) in [6, 6.07) is 12.4. The molecule has 24 nitrogen and oxygen atoms in total. The van der Waals surface area contributed by atoms with Crippen molar-refractivity contribution in [3.8, 4) is 0 Å². The molecular formula is C23H102ClK4Na2O24P6S22Y5-. The van der Waals surface area contributed by atoms with E-state index in [2.05, 4.69) is 68.5 Å². The molecule has 2 rings (SSSR count). The van der Waals surface area contributed by atoms with Crippen molar-refractivity contribution in [1.29, 1.82) is 0 Å². The third kappa shape index (κ3) is 248. The van der Waals surface area contributed by atoms with Crippen molar-refractivity contribution in [2.24, 2.45) is 0 Å². The van der Waals surface area contributed by atoms with E-state index in [1.54, 1.807) is 138 Å². The molecule has 0 saturated carbocycles. The van der Waals surface area contributed by atoms with Gasteiger partial charge in [0.2, 0.25) is 0 Å². The van der Waals surface area contributed by atoms with Gasteiger partial charge in [-0.15, -0.1) is 0 Å². The van der Waals surface area contributed by atoms with Crippen LogP contribution in [0, 0.1) is 21.3 Å². The Morgan fingerprint density at radius 1 is 0.506 bits per heavy atom. The van der Waals surface area contributed by atoms with Crippen LogP contribution in [0.15, 0.2) is 58.3 Å². The largest absolute Gasteiger partial charge is 1.00 e. The summed E-state index contributed by atoms with van der Waals surface area (Å²) >= 11 is 18.6. The van der Waals surface area contributed by atoms with Crippen molar-refractivity contribution in [3.05, 3.63) is 67.1 Å². The van der Waals surface area contributed by atoms with Gasteiger partial charge in [-0.25, -0.2) is 8.42 Å². The van der Waals surface area contributed by atoms with Crippen molar-refractivity contribution in [1.82, 2.24) is 0 Å². The van der Waals surface area contributed by atoms with Gasteiger partial charge in [-0.3, -0.25) is 14.1 Å². The standard InChI is InChI=1S/C7H7ClO2S.C7H8O3S.2CH2O3.CH5OP.3CH4O.2CH4.CH3.4K.2Na.5H3OP.4H2O.2S10.5Y.16H2.3H/c2*1-6-2-4-7(5-3-6)11(8,9)10;2*2-1-4-3;1-2-3;3*1-2;;;;;;;;;;5*1-2;;;;;2*1-3-5-7-9-10-8-6-4-2;;;;;;;;;;;;;;;;;;;;;;;;/h2-5H,1H3;2-5H,1H3,(H,8,9,10);2*1,3H;3H2,1H3;3*2H,1H3;2*1H4;1H3;;;;;;;5*1H,2H2;4*1H2;;;;;;;;16*1H;;;/q;;;;;;;;;;-1;6*+1;;;;;;;;;;;;;;;;;;;;;;;;;;;;;;;;;3*-1/p-3/i;;;;;;;;;;;;;;;;;;;;;;;;;;;;;;;;;12*1+2T;4*1+2;;;. The van der Waals surface area contributed by atoms with Gasteiger partial charge in [-0.2, -0.15) is 8.42 Å². The number of aliphatic hydroxyl groups is 3. The maximum Gasteiger partial charge on any atom is 1.00 e. The van der Waals surface area contributed by atoms with Crippen LogP contribution in [0.1, 0.15) is 71.6 Å². The Kier molecular flexibility index (Phi) is 386. The molecule has 2 aromatic rings. The van der Waals surface area contributed by atoms with E-state index in [4.69, 9.17) is 111 Å². The Balaban J connectivity index is -0.00000000871. The third-order valence-electron chi connectivity index (χ3n) is 3.09. The monoisotopic (exact) mass is 2390 g/mol. The van der Waals surface area contributed by atoms with Crippen LogP contribution in [0.25, 0.3) is 0 Å². The summed E-state index contributed by atoms with van der Waals surface area (Å²) in [4.78, 5) is 57.2. The number of hydrogen-bond donors (Lipinski definition) is 9. The second-order valence-electron chi connectivity index (χ2n) is 6.25. The van der Waals surface area contributed by atoms with Crippen LogP contribution < -0.4 is 275 Å². The third-order valence-corrected chi connectivity index (χ3v) is 36.4. The van der Waals surface area contributed by atoms with E-state index in [-0.39, 0.29) is 505 Å². The number of carbonyl (C=O) groups is 2. The molecule has 87 heavy (non-hydrogen) atoms. The summed E-state index contributed by atoms with van der Waals surface area (Å²) in [5.41, 5.74) is 1.96. The molecule has 0 heterocycles. The van der Waals surface area contributed by atoms with Gasteiger partial charge < -0.3 is 98.2 Å². The van der Waals surface area contributed by atoms with E-state index < -0.39 is 19.2 Å². The first-order valence-electron chi connectivity index (χ1n) is 25.6. The average Bonchev–Trinajstić information content (AvgIpc) is 0.882. The minimum Gasteiger partial charge on any atom is -1.00 e. The van der Waals surface area contributed by atoms with Crippen LogP contribution in [-0.4, -0.2) is 124 Å². The Hall–Kier alpha value is 18.0. The predicted octanol–water partition coefficient (Wildman–Crippen LogP) is -16.6. The zero-order chi connectivity index (χ0) is 81.8. The van der Waals surface area contributed by atoms with Crippen LogP contribution in [0.5, 0.6) is 0 Å². The van der Waals surface area contributed by atoms with Crippen molar-refractivity contribution < 1.29 is 591 Å². The molecule has 529 valence electrons. The number of aliphatic hydroxyl groups excluding tert-OH is 3. The zero-order valence-electron chi connectivity index (χ0n) is 73.9. The number of aryl methyl sites for hydroxylation is 2. The van der Waals surface area contributed by atoms with Gasteiger partial charge in [-0.05, 0) is 94.9 Å². The minimum absolute atomic E-state index is 0. The zero-order valence-corrected chi connectivity index (χ0v) is 103. The summed E-state index contributed by atoms with van der Waals surface area (Å²) in [7, 11) is 36.6. The molecule has 0 aliphatic rings. The molecule has 6 atom stereocenters. The first-order chi connectivity index (χ1) is 45.1. The molecule has 64 heteroatoms. The van der Waals surface area contributed by atoms with Crippen LogP contribution >= 0.6 is 67.5 Å². The molecule has 5 radical (unpaired) electrons. The van der Waals surface area contributed by atoms with Crippen molar-refractivity contribution in [2.75, 3.05) is 28.4 Å². The molecule has 0 amide bonds. The summed E-state index contributed by atoms with van der Waals surface area (Å²) < 4.78 is 175. The van der Waals surface area contributed by atoms with Gasteiger partial charge >= 0.3 is 265 Å². The van der Waals surface area contributed by atoms with E-state index in [0.717, 1.165) is 32.5 Å². The van der Waals surface area contributed by atoms with Crippen molar-refractivity contribution in [2.45, 2.75) is 38.5 Å². The van der Waals surface area contributed by atoms with E-state index in [9.17, 15) is 16.8 Å². The number of benzene rings is 2. The second-order valence-corrected chi connectivity index (χ2v) is 39.0.